The second-order valence-corrected chi connectivity index (χ2v) is 6.05. The first-order valence-electron chi connectivity index (χ1n) is 9.15. The van der Waals surface area contributed by atoms with Gasteiger partial charge in [0, 0.05) is 24.3 Å². The fourth-order valence-electron chi connectivity index (χ4n) is 2.69. The smallest absolute Gasteiger partial charge is 0.387 e. The summed E-state index contributed by atoms with van der Waals surface area (Å²) in [6.45, 7) is 0.218. The van der Waals surface area contributed by atoms with Crippen LogP contribution < -0.4 is 24.3 Å². The summed E-state index contributed by atoms with van der Waals surface area (Å²) in [5, 5.41) is 2.74. The van der Waals surface area contributed by atoms with E-state index < -0.39 is 6.61 Å². The lowest BCUT2D eigenvalue weighted by Gasteiger charge is -2.11. The van der Waals surface area contributed by atoms with Crippen LogP contribution in [0.3, 0.4) is 0 Å². The molecule has 1 amide bonds. The predicted molar refractivity (Wildman–Crippen MR) is 104 cm³/mol. The second kappa shape index (κ2) is 9.77. The van der Waals surface area contributed by atoms with Gasteiger partial charge in [-0.2, -0.15) is 8.78 Å². The van der Waals surface area contributed by atoms with E-state index in [0.717, 1.165) is 6.42 Å². The molecule has 0 bridgehead atoms. The molecule has 2 aromatic carbocycles. The Balaban J connectivity index is 1.67. The molecule has 0 saturated heterocycles. The highest BCUT2D eigenvalue weighted by molar-refractivity contribution is 6.02. The van der Waals surface area contributed by atoms with Gasteiger partial charge in [-0.1, -0.05) is 6.07 Å². The number of nitrogens with one attached hydrogen (secondary N) is 1. The average molecular weight is 405 g/mol. The minimum Gasteiger partial charge on any atom is -0.490 e. The van der Waals surface area contributed by atoms with E-state index in [4.69, 9.17) is 14.2 Å². The van der Waals surface area contributed by atoms with Crippen molar-refractivity contribution in [3.63, 3.8) is 0 Å². The van der Waals surface area contributed by atoms with Crippen LogP contribution in [0.25, 0.3) is 6.08 Å². The van der Waals surface area contributed by atoms with Gasteiger partial charge in [-0.3, -0.25) is 4.79 Å². The molecule has 154 valence electrons. The maximum Gasteiger partial charge on any atom is 0.387 e. The first kappa shape index (κ1) is 20.4. The average Bonchev–Trinajstić information content (AvgIpc) is 2.93. The van der Waals surface area contributed by atoms with Crippen LogP contribution >= 0.6 is 0 Å². The molecule has 1 N–H and O–H groups in total. The number of anilines is 1. The van der Waals surface area contributed by atoms with Crippen LogP contribution in [0.4, 0.5) is 14.5 Å². The molecule has 8 heteroatoms. The lowest BCUT2D eigenvalue weighted by molar-refractivity contribution is -0.111. The zero-order valence-electron chi connectivity index (χ0n) is 15.8. The van der Waals surface area contributed by atoms with Crippen LogP contribution in [-0.4, -0.2) is 32.3 Å². The van der Waals surface area contributed by atoms with Crippen molar-refractivity contribution in [1.29, 1.82) is 0 Å². The Kier molecular flexibility index (Phi) is 6.89. The molecule has 0 fully saturated rings. The third-order valence-electron chi connectivity index (χ3n) is 3.93. The highest BCUT2D eigenvalue weighted by Crippen LogP contribution is 2.32. The van der Waals surface area contributed by atoms with E-state index in [-0.39, 0.29) is 24.0 Å². The molecule has 0 aromatic heterocycles. The number of fused-ring (bicyclic) bond motifs is 1. The highest BCUT2D eigenvalue weighted by atomic mass is 19.3. The molecule has 1 aliphatic rings. The predicted octanol–water partition coefficient (Wildman–Crippen LogP) is 4.50. The van der Waals surface area contributed by atoms with Gasteiger partial charge in [0.25, 0.3) is 0 Å². The van der Waals surface area contributed by atoms with Gasteiger partial charge in [-0.15, -0.1) is 0 Å². The van der Waals surface area contributed by atoms with Crippen molar-refractivity contribution >= 4 is 17.7 Å². The summed E-state index contributed by atoms with van der Waals surface area (Å²) in [5.74, 6) is 0.991. The van der Waals surface area contributed by atoms with Crippen molar-refractivity contribution in [3.8, 4) is 23.0 Å². The number of amides is 1. The van der Waals surface area contributed by atoms with E-state index in [0.29, 0.717) is 36.0 Å². The fraction of sp³-hybridized carbons (Fsp3) is 0.286. The topological polar surface area (TPSA) is 66.0 Å². The van der Waals surface area contributed by atoms with E-state index in [1.54, 1.807) is 37.3 Å². The van der Waals surface area contributed by atoms with Gasteiger partial charge in [0.05, 0.1) is 19.8 Å². The molecule has 0 spiro atoms. The van der Waals surface area contributed by atoms with Gasteiger partial charge in [0.1, 0.15) is 0 Å². The Labute approximate surface area is 167 Å². The van der Waals surface area contributed by atoms with Crippen LogP contribution in [-0.2, 0) is 4.79 Å². The Morgan fingerprint density at radius 2 is 1.93 bits per heavy atom. The fourth-order valence-corrected chi connectivity index (χ4v) is 2.69. The number of carbonyl (C=O) groups excluding carboxylic acids is 1. The normalized spacial score (nSPS) is 13.2. The van der Waals surface area contributed by atoms with Crippen molar-refractivity contribution < 1.29 is 32.5 Å². The SMILES string of the molecule is CCOc1cc(/C=C/C(=O)Nc2ccc3c(c2)OCCCO3)ccc1OC(F)F. The lowest BCUT2D eigenvalue weighted by Crippen LogP contribution is -2.08. The number of ether oxygens (including phenoxy) is 4. The third kappa shape index (κ3) is 5.84. The van der Waals surface area contributed by atoms with E-state index in [1.165, 1.54) is 18.2 Å². The van der Waals surface area contributed by atoms with Gasteiger partial charge < -0.3 is 24.3 Å². The second-order valence-electron chi connectivity index (χ2n) is 6.05. The number of rotatable bonds is 7. The Bertz CT molecular complexity index is 885. The van der Waals surface area contributed by atoms with Crippen molar-refractivity contribution in [1.82, 2.24) is 0 Å². The minimum atomic E-state index is -2.95. The van der Waals surface area contributed by atoms with Crippen molar-refractivity contribution in [2.24, 2.45) is 0 Å². The number of hydrogen-bond acceptors (Lipinski definition) is 5. The number of halogens is 2. The zero-order chi connectivity index (χ0) is 20.6. The van der Waals surface area contributed by atoms with Gasteiger partial charge in [-0.05, 0) is 42.8 Å². The molecule has 29 heavy (non-hydrogen) atoms. The Morgan fingerprint density at radius 1 is 1.14 bits per heavy atom. The summed E-state index contributed by atoms with van der Waals surface area (Å²) in [5.41, 5.74) is 1.17. The monoisotopic (exact) mass is 405 g/mol. The zero-order valence-corrected chi connectivity index (χ0v) is 15.8. The maximum atomic E-state index is 12.5. The van der Waals surface area contributed by atoms with E-state index >= 15 is 0 Å². The quantitative estimate of drug-likeness (QED) is 0.687. The number of carbonyl (C=O) groups is 1. The van der Waals surface area contributed by atoms with E-state index in [9.17, 15) is 13.6 Å². The summed E-state index contributed by atoms with van der Waals surface area (Å²) >= 11 is 0. The molecule has 1 heterocycles. The molecule has 0 atom stereocenters. The van der Waals surface area contributed by atoms with Crippen LogP contribution in [0.1, 0.15) is 18.9 Å². The van der Waals surface area contributed by atoms with Gasteiger partial charge >= 0.3 is 6.61 Å². The first-order valence-corrected chi connectivity index (χ1v) is 9.15. The third-order valence-corrected chi connectivity index (χ3v) is 3.93. The molecule has 0 saturated carbocycles. The number of hydrogen-bond donors (Lipinski definition) is 1. The van der Waals surface area contributed by atoms with Crippen molar-refractivity contribution in [2.45, 2.75) is 20.0 Å². The molecule has 2 aromatic rings. The molecule has 3 rings (SSSR count). The first-order chi connectivity index (χ1) is 14.0. The molecular formula is C21H21F2NO5. The number of benzene rings is 2. The van der Waals surface area contributed by atoms with Crippen LogP contribution in [0.2, 0.25) is 0 Å². The minimum absolute atomic E-state index is 0.0596. The largest absolute Gasteiger partial charge is 0.490 e. The van der Waals surface area contributed by atoms with Gasteiger partial charge in [0.15, 0.2) is 23.0 Å². The maximum absolute atomic E-state index is 12.5. The summed E-state index contributed by atoms with van der Waals surface area (Å²) in [6.07, 6.45) is 3.68. The summed E-state index contributed by atoms with van der Waals surface area (Å²) in [7, 11) is 0. The van der Waals surface area contributed by atoms with Crippen molar-refractivity contribution in [3.05, 3.63) is 48.0 Å². The summed E-state index contributed by atoms with van der Waals surface area (Å²) < 4.78 is 45.8. The van der Waals surface area contributed by atoms with E-state index in [2.05, 4.69) is 10.1 Å². The molecular weight excluding hydrogens is 384 g/mol. The lowest BCUT2D eigenvalue weighted by atomic mass is 10.2. The molecule has 0 radical (unpaired) electrons. The molecule has 0 unspecified atom stereocenters. The molecule has 6 nitrogen and oxygen atoms in total. The Hall–Kier alpha value is -3.29. The van der Waals surface area contributed by atoms with Gasteiger partial charge in [-0.25, -0.2) is 0 Å². The van der Waals surface area contributed by atoms with Crippen LogP contribution in [0.15, 0.2) is 42.5 Å². The van der Waals surface area contributed by atoms with Crippen LogP contribution in [0.5, 0.6) is 23.0 Å². The molecule has 0 aliphatic carbocycles. The van der Waals surface area contributed by atoms with Crippen LogP contribution in [0, 0.1) is 0 Å². The summed E-state index contributed by atoms with van der Waals surface area (Å²) in [6, 6.07) is 9.63. The van der Waals surface area contributed by atoms with Gasteiger partial charge in [0.2, 0.25) is 5.91 Å². The summed E-state index contributed by atoms with van der Waals surface area (Å²) in [4.78, 5) is 12.2. The highest BCUT2D eigenvalue weighted by Gasteiger charge is 2.12. The Morgan fingerprint density at radius 3 is 2.69 bits per heavy atom. The standard InChI is InChI=1S/C21H21F2NO5/c1-2-26-18-12-14(4-7-17(18)29-21(22)23)5-9-20(25)24-15-6-8-16-19(13-15)28-11-3-10-27-16/h4-9,12-13,21H,2-3,10-11H2,1H3,(H,24,25)/b9-5+. The molecule has 1 aliphatic heterocycles. The number of alkyl halides is 2. The van der Waals surface area contributed by atoms with Crippen molar-refractivity contribution in [2.75, 3.05) is 25.1 Å². The van der Waals surface area contributed by atoms with E-state index in [1.807, 2.05) is 0 Å².